The van der Waals surface area contributed by atoms with Crippen molar-refractivity contribution in [1.82, 2.24) is 9.88 Å². The van der Waals surface area contributed by atoms with Crippen LogP contribution in [-0.4, -0.2) is 40.9 Å². The lowest BCUT2D eigenvalue weighted by atomic mass is 9.89. The quantitative estimate of drug-likeness (QED) is 0.276. The number of ether oxygens (including phenoxy) is 1. The topological polar surface area (TPSA) is 57.7 Å². The Balaban J connectivity index is 1.30. The van der Waals surface area contributed by atoms with Gasteiger partial charge in [0, 0.05) is 66.1 Å². The van der Waals surface area contributed by atoms with Crippen LogP contribution < -0.4 is 15.0 Å². The van der Waals surface area contributed by atoms with Gasteiger partial charge in [0.1, 0.15) is 11.4 Å². The number of amides is 1. The Bertz CT molecular complexity index is 1530. The largest absolute Gasteiger partial charge is 0.573 e. The van der Waals surface area contributed by atoms with Gasteiger partial charge in [0.15, 0.2) is 0 Å². The molecular weight excluding hydrogens is 573 g/mol. The highest BCUT2D eigenvalue weighted by atomic mass is 79.9. The second-order valence-corrected chi connectivity index (χ2v) is 10.7. The lowest BCUT2D eigenvalue weighted by molar-refractivity contribution is -0.274. The van der Waals surface area contributed by atoms with Gasteiger partial charge >= 0.3 is 6.36 Å². The van der Waals surface area contributed by atoms with Crippen LogP contribution in [-0.2, 0) is 6.54 Å². The van der Waals surface area contributed by atoms with E-state index < -0.39 is 12.0 Å². The molecule has 10 heteroatoms. The van der Waals surface area contributed by atoms with Crippen molar-refractivity contribution >= 4 is 44.0 Å². The Kier molecular flexibility index (Phi) is 6.47. The maximum atomic E-state index is 13.9. The number of alkyl halides is 3. The zero-order valence-electron chi connectivity index (χ0n) is 20.7. The Labute approximate surface area is 231 Å². The minimum absolute atomic E-state index is 0.198. The average molecular weight is 597 g/mol. The third-order valence-electron chi connectivity index (χ3n) is 7.39. The van der Waals surface area contributed by atoms with E-state index in [2.05, 4.69) is 41.9 Å². The lowest BCUT2D eigenvalue weighted by Crippen LogP contribution is -2.64. The minimum atomic E-state index is -4.79. The third kappa shape index (κ3) is 5.06. The Hall–Kier alpha value is -3.63. The van der Waals surface area contributed by atoms with E-state index in [0.717, 1.165) is 35.2 Å². The number of fused-ring (bicyclic) bond motifs is 2. The van der Waals surface area contributed by atoms with Crippen LogP contribution in [0.25, 0.3) is 10.8 Å². The molecule has 1 fully saturated rings. The van der Waals surface area contributed by atoms with Crippen LogP contribution in [0.15, 0.2) is 83.6 Å². The van der Waals surface area contributed by atoms with Crippen molar-refractivity contribution in [3.8, 4) is 5.75 Å². The summed E-state index contributed by atoms with van der Waals surface area (Å²) in [5.41, 5.74) is 2.22. The summed E-state index contributed by atoms with van der Waals surface area (Å²) in [5.74, 6) is -0.530. The first kappa shape index (κ1) is 25.6. The Morgan fingerprint density at radius 2 is 1.79 bits per heavy atom. The van der Waals surface area contributed by atoms with Gasteiger partial charge in [-0.15, -0.1) is 13.2 Å². The average Bonchev–Trinajstić information content (AvgIpc) is 2.90. The number of likely N-dealkylation sites (tertiary alicyclic amines) is 1. The molecule has 3 aromatic carbocycles. The van der Waals surface area contributed by atoms with Crippen LogP contribution in [0.1, 0.15) is 28.8 Å². The van der Waals surface area contributed by atoms with E-state index >= 15 is 0 Å². The first-order chi connectivity index (χ1) is 18.7. The summed E-state index contributed by atoms with van der Waals surface area (Å²) >= 11 is 3.50. The second kappa shape index (κ2) is 9.84. The maximum Gasteiger partial charge on any atom is 0.573 e. The number of aromatic nitrogens is 1. The highest BCUT2D eigenvalue weighted by molar-refractivity contribution is 9.10. The van der Waals surface area contributed by atoms with Gasteiger partial charge in [0.2, 0.25) is 0 Å². The van der Waals surface area contributed by atoms with Crippen LogP contribution in [0.2, 0.25) is 0 Å². The number of benzene rings is 3. The van der Waals surface area contributed by atoms with Crippen molar-refractivity contribution in [1.29, 1.82) is 0 Å². The number of hydrogen-bond donors (Lipinski definition) is 1. The predicted octanol–water partition coefficient (Wildman–Crippen LogP) is 6.96. The molecule has 0 atom stereocenters. The number of nitrogens with one attached hydrogen (secondary N) is 1. The number of carbonyl (C=O) groups is 1. The number of rotatable bonds is 4. The van der Waals surface area contributed by atoms with E-state index in [1.165, 1.54) is 35.2 Å². The third-order valence-corrected chi connectivity index (χ3v) is 7.88. The molecule has 2 aliphatic heterocycles. The normalized spacial score (nSPS) is 17.2. The van der Waals surface area contributed by atoms with E-state index in [1.54, 1.807) is 23.2 Å². The number of pyridine rings is 1. The van der Waals surface area contributed by atoms with Crippen molar-refractivity contribution in [3.63, 3.8) is 0 Å². The van der Waals surface area contributed by atoms with Gasteiger partial charge in [0.05, 0.1) is 5.56 Å². The van der Waals surface area contributed by atoms with E-state index in [0.29, 0.717) is 24.1 Å². The fourth-order valence-corrected chi connectivity index (χ4v) is 5.95. The van der Waals surface area contributed by atoms with Crippen LogP contribution in [0.5, 0.6) is 5.75 Å². The molecule has 4 aromatic rings. The second-order valence-electron chi connectivity index (χ2n) is 9.82. The number of piperidine rings is 1. The van der Waals surface area contributed by atoms with Gasteiger partial charge in [-0.05, 0) is 59.5 Å². The number of halogens is 4. The molecule has 200 valence electrons. The van der Waals surface area contributed by atoms with Gasteiger partial charge in [-0.2, -0.15) is 0 Å². The molecule has 1 saturated heterocycles. The Morgan fingerprint density at radius 3 is 2.54 bits per heavy atom. The van der Waals surface area contributed by atoms with Crippen molar-refractivity contribution in [2.45, 2.75) is 31.4 Å². The van der Waals surface area contributed by atoms with Crippen molar-refractivity contribution < 1.29 is 22.7 Å². The molecule has 39 heavy (non-hydrogen) atoms. The molecule has 0 aliphatic carbocycles. The highest BCUT2D eigenvalue weighted by Gasteiger charge is 2.47. The predicted molar refractivity (Wildman–Crippen MR) is 147 cm³/mol. The molecule has 3 heterocycles. The van der Waals surface area contributed by atoms with Gasteiger partial charge in [-0.3, -0.25) is 19.6 Å². The summed E-state index contributed by atoms with van der Waals surface area (Å²) in [6.07, 6.45) is 0.119. The molecule has 1 amide bonds. The molecule has 1 spiro atoms. The molecule has 0 unspecified atom stereocenters. The molecule has 0 bridgehead atoms. The van der Waals surface area contributed by atoms with Crippen LogP contribution in [0.4, 0.5) is 24.5 Å². The molecular formula is C29H24BrF3N4O2. The minimum Gasteiger partial charge on any atom is -0.406 e. The molecule has 2 aliphatic rings. The summed E-state index contributed by atoms with van der Waals surface area (Å²) in [5, 5.41) is 5.89. The molecule has 1 N–H and O–H groups in total. The molecule has 0 saturated carbocycles. The number of carbonyl (C=O) groups excluding carboxylic acids is 1. The van der Waals surface area contributed by atoms with E-state index in [9.17, 15) is 18.0 Å². The molecule has 1 aromatic heterocycles. The summed E-state index contributed by atoms with van der Waals surface area (Å²) in [4.78, 5) is 22.2. The number of anilines is 2. The fourth-order valence-electron chi connectivity index (χ4n) is 5.59. The molecule has 6 rings (SSSR count). The SMILES string of the molecule is O=C1c2ccc(Br)cc2NC2(CCN(Cc3cccc4cnccc34)CC2)N1c1ccc(OC(F)(F)F)cc1. The molecule has 0 radical (unpaired) electrons. The summed E-state index contributed by atoms with van der Waals surface area (Å²) in [6.45, 7) is 2.20. The maximum absolute atomic E-state index is 13.9. The summed E-state index contributed by atoms with van der Waals surface area (Å²) in [6, 6.07) is 19.2. The van der Waals surface area contributed by atoms with Crippen molar-refractivity contribution in [2.75, 3.05) is 23.3 Å². The number of nitrogens with zero attached hydrogens (tertiary/aromatic N) is 3. The van der Waals surface area contributed by atoms with Gasteiger partial charge in [-0.1, -0.05) is 34.1 Å². The zero-order valence-corrected chi connectivity index (χ0v) is 22.3. The highest BCUT2D eigenvalue weighted by Crippen LogP contribution is 2.42. The van der Waals surface area contributed by atoms with E-state index in [4.69, 9.17) is 0 Å². The monoisotopic (exact) mass is 596 g/mol. The van der Waals surface area contributed by atoms with Gasteiger partial charge in [0.25, 0.3) is 5.91 Å². The first-order valence-corrected chi connectivity index (χ1v) is 13.3. The number of hydrogen-bond acceptors (Lipinski definition) is 5. The lowest BCUT2D eigenvalue weighted by Gasteiger charge is -2.52. The summed E-state index contributed by atoms with van der Waals surface area (Å²) < 4.78 is 43.0. The van der Waals surface area contributed by atoms with Gasteiger partial charge < -0.3 is 10.1 Å². The standard InChI is InChI=1S/C29H24BrF3N4O2/c30-21-4-9-25-26(16-21)35-28(37(27(25)38)22-5-7-23(8-6-22)39-29(31,32)33)11-14-36(15-12-28)18-20-3-1-2-19-17-34-13-10-24(19)20/h1-10,13,16-17,35H,11-12,14-15,18H2. The van der Waals surface area contributed by atoms with Crippen LogP contribution in [0, 0.1) is 0 Å². The summed E-state index contributed by atoms with van der Waals surface area (Å²) in [7, 11) is 0. The van der Waals surface area contributed by atoms with Crippen molar-refractivity contribution in [2.24, 2.45) is 0 Å². The van der Waals surface area contributed by atoms with Crippen LogP contribution in [0.3, 0.4) is 0 Å². The zero-order chi connectivity index (χ0) is 27.2. The van der Waals surface area contributed by atoms with E-state index in [1.807, 2.05) is 30.5 Å². The smallest absolute Gasteiger partial charge is 0.406 e. The van der Waals surface area contributed by atoms with Gasteiger partial charge in [-0.25, -0.2) is 0 Å². The van der Waals surface area contributed by atoms with E-state index in [-0.39, 0.29) is 11.7 Å². The Morgan fingerprint density at radius 1 is 1.03 bits per heavy atom. The molecule has 6 nitrogen and oxygen atoms in total. The fraction of sp³-hybridized carbons (Fsp3) is 0.241. The first-order valence-electron chi connectivity index (χ1n) is 12.5. The van der Waals surface area contributed by atoms with Crippen molar-refractivity contribution in [3.05, 3.63) is 94.7 Å². The van der Waals surface area contributed by atoms with Crippen LogP contribution >= 0.6 is 15.9 Å².